The van der Waals surface area contributed by atoms with Crippen LogP contribution in [0.4, 0.5) is 0 Å². The summed E-state index contributed by atoms with van der Waals surface area (Å²) in [7, 11) is 0. The molecule has 2 heterocycles. The molecule has 2 aromatic heterocycles. The number of rotatable bonds is 1. The van der Waals surface area contributed by atoms with E-state index in [1.807, 2.05) is 0 Å². The van der Waals surface area contributed by atoms with Gasteiger partial charge in [-0.2, -0.15) is 0 Å². The third-order valence-corrected chi connectivity index (χ3v) is 2.45. The normalized spacial score (nSPS) is 16.3. The van der Waals surface area contributed by atoms with E-state index in [-0.39, 0.29) is 16.9 Å². The molecule has 0 saturated heterocycles. The van der Waals surface area contributed by atoms with Gasteiger partial charge in [0.1, 0.15) is 0 Å². The fourth-order valence-electron chi connectivity index (χ4n) is 1.56. The quantitative estimate of drug-likeness (QED) is 0.663. The van der Waals surface area contributed by atoms with Crippen LogP contribution >= 0.6 is 0 Å². The van der Waals surface area contributed by atoms with Crippen molar-refractivity contribution < 1.29 is 0 Å². The lowest BCUT2D eigenvalue weighted by Gasteiger charge is -2.01. The largest absolute Gasteiger partial charge is 0.347 e. The van der Waals surface area contributed by atoms with Crippen molar-refractivity contribution in [3.63, 3.8) is 0 Å². The van der Waals surface area contributed by atoms with Gasteiger partial charge in [0.15, 0.2) is 0 Å². The molecule has 3 rings (SSSR count). The first-order valence-electron chi connectivity index (χ1n) is 4.45. The Bertz CT molecular complexity index is 602. The smallest absolute Gasteiger partial charge is 0.308 e. The van der Waals surface area contributed by atoms with E-state index >= 15 is 0 Å². The predicted molar refractivity (Wildman–Crippen MR) is 48.3 cm³/mol. The van der Waals surface area contributed by atoms with E-state index in [1.165, 1.54) is 4.40 Å². The number of nitrogens with zero attached hydrogens (tertiary/aromatic N) is 3. The molecular weight excluding hydrogens is 184 g/mol. The van der Waals surface area contributed by atoms with Crippen molar-refractivity contribution in [3.8, 4) is 0 Å². The molecule has 1 saturated carbocycles. The molecule has 0 amide bonds. The zero-order valence-corrected chi connectivity index (χ0v) is 7.30. The predicted octanol–water partition coefficient (Wildman–Crippen LogP) is -0.481. The highest BCUT2D eigenvalue weighted by Gasteiger charge is 2.25. The Morgan fingerprint density at radius 3 is 2.86 bits per heavy atom. The van der Waals surface area contributed by atoms with Crippen molar-refractivity contribution in [2.75, 3.05) is 0 Å². The highest BCUT2D eigenvalue weighted by Crippen LogP contribution is 2.33. The summed E-state index contributed by atoms with van der Waals surface area (Å²) in [6, 6.07) is 0.305. The fourth-order valence-corrected chi connectivity index (χ4v) is 1.56. The summed E-state index contributed by atoms with van der Waals surface area (Å²) in [6.45, 7) is 0. The second-order valence-corrected chi connectivity index (χ2v) is 3.46. The third kappa shape index (κ3) is 0.876. The molecule has 1 aliphatic rings. The van der Waals surface area contributed by atoms with Gasteiger partial charge < -0.3 is 4.57 Å². The van der Waals surface area contributed by atoms with Crippen LogP contribution in [0.25, 0.3) is 5.65 Å². The number of nitrogens with one attached hydrogen (secondary N) is 1. The maximum atomic E-state index is 11.7. The molecule has 6 nitrogen and oxygen atoms in total. The molecular formula is C8H8N4O2. The van der Waals surface area contributed by atoms with Crippen LogP contribution in [0, 0.1) is 0 Å². The van der Waals surface area contributed by atoms with Gasteiger partial charge in [0.25, 0.3) is 5.56 Å². The first kappa shape index (κ1) is 7.54. The first-order chi connectivity index (χ1) is 6.77. The van der Waals surface area contributed by atoms with Gasteiger partial charge in [-0.15, -0.1) is 5.10 Å². The number of hydrogen-bond acceptors (Lipinski definition) is 3. The Morgan fingerprint density at radius 1 is 1.36 bits per heavy atom. The lowest BCUT2D eigenvalue weighted by atomic mass is 10.5. The topological polar surface area (TPSA) is 72.2 Å². The summed E-state index contributed by atoms with van der Waals surface area (Å²) in [6.07, 6.45) is 5.28. The minimum Gasteiger partial charge on any atom is -0.308 e. The minimum atomic E-state index is -0.375. The van der Waals surface area contributed by atoms with Crippen molar-refractivity contribution in [2.45, 2.75) is 18.9 Å². The molecule has 2 aromatic rings. The maximum Gasteiger partial charge on any atom is 0.347 e. The Morgan fingerprint density at radius 2 is 2.14 bits per heavy atom. The zero-order valence-electron chi connectivity index (χ0n) is 7.30. The van der Waals surface area contributed by atoms with Crippen molar-refractivity contribution in [1.29, 1.82) is 0 Å². The van der Waals surface area contributed by atoms with Gasteiger partial charge in [-0.25, -0.2) is 14.3 Å². The molecule has 1 aliphatic carbocycles. The van der Waals surface area contributed by atoms with Crippen LogP contribution < -0.4 is 11.2 Å². The number of H-pyrrole nitrogens is 1. The highest BCUT2D eigenvalue weighted by molar-refractivity contribution is 5.32. The standard InChI is InChI=1S/C8H8N4O2/c13-7-6-9-10-8(14)12(6)4-3-11(7)5-1-2-5/h3-5H,1-2H2,(H,10,14). The van der Waals surface area contributed by atoms with Crippen LogP contribution in [0.1, 0.15) is 18.9 Å². The number of hydrogen-bond donors (Lipinski definition) is 1. The molecule has 0 spiro atoms. The van der Waals surface area contributed by atoms with Gasteiger partial charge in [0, 0.05) is 18.4 Å². The molecule has 1 fully saturated rings. The minimum absolute atomic E-state index is 0.171. The molecule has 0 aromatic carbocycles. The second kappa shape index (κ2) is 2.34. The van der Waals surface area contributed by atoms with Gasteiger partial charge in [0.2, 0.25) is 5.65 Å². The van der Waals surface area contributed by atoms with Crippen molar-refractivity contribution >= 4 is 5.65 Å². The summed E-state index contributed by atoms with van der Waals surface area (Å²) in [4.78, 5) is 22.9. The molecule has 14 heavy (non-hydrogen) atoms. The van der Waals surface area contributed by atoms with E-state index in [1.54, 1.807) is 17.0 Å². The average molecular weight is 192 g/mol. The molecule has 0 radical (unpaired) electrons. The van der Waals surface area contributed by atoms with Gasteiger partial charge >= 0.3 is 5.69 Å². The average Bonchev–Trinajstić information content (AvgIpc) is 2.93. The summed E-state index contributed by atoms with van der Waals surface area (Å²) in [5, 5.41) is 5.93. The van der Waals surface area contributed by atoms with Crippen molar-refractivity contribution in [1.82, 2.24) is 19.2 Å². The second-order valence-electron chi connectivity index (χ2n) is 3.46. The van der Waals surface area contributed by atoms with E-state index in [4.69, 9.17) is 0 Å². The fraction of sp³-hybridized carbons (Fsp3) is 0.375. The van der Waals surface area contributed by atoms with Gasteiger partial charge in [-0.05, 0) is 12.8 Å². The van der Waals surface area contributed by atoms with Crippen LogP contribution in [0.5, 0.6) is 0 Å². The molecule has 72 valence electrons. The van der Waals surface area contributed by atoms with Gasteiger partial charge in [-0.1, -0.05) is 0 Å². The van der Waals surface area contributed by atoms with Crippen molar-refractivity contribution in [2.24, 2.45) is 0 Å². The zero-order chi connectivity index (χ0) is 9.71. The number of aromatic nitrogens is 4. The molecule has 0 unspecified atom stereocenters. The molecule has 0 aliphatic heterocycles. The van der Waals surface area contributed by atoms with Crippen LogP contribution in [-0.4, -0.2) is 19.2 Å². The van der Waals surface area contributed by atoms with E-state index in [0.717, 1.165) is 12.8 Å². The van der Waals surface area contributed by atoms with E-state index in [9.17, 15) is 9.59 Å². The van der Waals surface area contributed by atoms with Gasteiger partial charge in [0.05, 0.1) is 0 Å². The van der Waals surface area contributed by atoms with Gasteiger partial charge in [-0.3, -0.25) is 4.79 Å². The number of aromatic amines is 1. The Kier molecular flexibility index (Phi) is 1.26. The Hall–Kier alpha value is -1.85. The van der Waals surface area contributed by atoms with Crippen LogP contribution in [0.15, 0.2) is 22.0 Å². The lowest BCUT2D eigenvalue weighted by Crippen LogP contribution is -2.22. The van der Waals surface area contributed by atoms with Crippen LogP contribution in [-0.2, 0) is 0 Å². The monoisotopic (exact) mass is 192 g/mol. The molecule has 0 atom stereocenters. The summed E-state index contributed by atoms with van der Waals surface area (Å²) >= 11 is 0. The Balaban J connectivity index is 2.42. The molecule has 0 bridgehead atoms. The molecule has 6 heteroatoms. The van der Waals surface area contributed by atoms with Crippen LogP contribution in [0.3, 0.4) is 0 Å². The summed E-state index contributed by atoms with van der Waals surface area (Å²) < 4.78 is 2.86. The summed E-state index contributed by atoms with van der Waals surface area (Å²) in [5.74, 6) is 0. The third-order valence-electron chi connectivity index (χ3n) is 2.45. The van der Waals surface area contributed by atoms with Crippen molar-refractivity contribution in [3.05, 3.63) is 33.2 Å². The first-order valence-corrected chi connectivity index (χ1v) is 4.45. The molecule has 1 N–H and O–H groups in total. The SMILES string of the molecule is O=c1c2n[nH]c(=O)n2ccn1C1CC1. The van der Waals surface area contributed by atoms with E-state index in [2.05, 4.69) is 10.2 Å². The lowest BCUT2D eigenvalue weighted by molar-refractivity contribution is 0.700. The maximum absolute atomic E-state index is 11.7. The van der Waals surface area contributed by atoms with E-state index in [0.29, 0.717) is 6.04 Å². The summed E-state index contributed by atoms with van der Waals surface area (Å²) in [5.41, 5.74) is -0.405. The Labute approximate surface area is 77.8 Å². The number of fused-ring (bicyclic) bond motifs is 1. The highest BCUT2D eigenvalue weighted by atomic mass is 16.2. The van der Waals surface area contributed by atoms with E-state index < -0.39 is 0 Å². The van der Waals surface area contributed by atoms with Crippen LogP contribution in [0.2, 0.25) is 0 Å².